The Bertz CT molecular complexity index is 232. The molecule has 1 unspecified atom stereocenters. The van der Waals surface area contributed by atoms with Crippen molar-refractivity contribution in [1.82, 2.24) is 10.3 Å². The summed E-state index contributed by atoms with van der Waals surface area (Å²) in [6.45, 7) is 5.36. The van der Waals surface area contributed by atoms with Crippen LogP contribution in [0.25, 0.3) is 0 Å². The van der Waals surface area contributed by atoms with Gasteiger partial charge in [-0.2, -0.15) is 0 Å². The van der Waals surface area contributed by atoms with Gasteiger partial charge < -0.3 is 5.32 Å². The summed E-state index contributed by atoms with van der Waals surface area (Å²) in [5.41, 5.74) is 1.24. The number of thiazole rings is 1. The summed E-state index contributed by atoms with van der Waals surface area (Å²) >= 11 is 1.73. The molecule has 3 heteroatoms. The highest BCUT2D eigenvalue weighted by molar-refractivity contribution is 7.09. The zero-order valence-electron chi connectivity index (χ0n) is 7.92. The van der Waals surface area contributed by atoms with Gasteiger partial charge in [0, 0.05) is 5.38 Å². The second-order valence-corrected chi connectivity index (χ2v) is 4.29. The van der Waals surface area contributed by atoms with Crippen molar-refractivity contribution in [2.24, 2.45) is 5.92 Å². The van der Waals surface area contributed by atoms with Crippen molar-refractivity contribution in [3.05, 3.63) is 16.1 Å². The standard InChI is InChI=1S/C9H16N2S/c1-7(5-10-3)4-9-6-12-8(2)11-9/h6-7,10H,4-5H2,1-3H3. The lowest BCUT2D eigenvalue weighted by Gasteiger charge is -2.07. The topological polar surface area (TPSA) is 24.9 Å². The van der Waals surface area contributed by atoms with E-state index in [1.54, 1.807) is 11.3 Å². The predicted octanol–water partition coefficient (Wildman–Crippen LogP) is 1.85. The summed E-state index contributed by atoms with van der Waals surface area (Å²) in [6, 6.07) is 0. The van der Waals surface area contributed by atoms with E-state index in [0.717, 1.165) is 13.0 Å². The highest BCUT2D eigenvalue weighted by Gasteiger charge is 2.04. The monoisotopic (exact) mass is 184 g/mol. The van der Waals surface area contributed by atoms with Gasteiger partial charge in [-0.05, 0) is 32.9 Å². The molecule has 0 aliphatic carbocycles. The number of nitrogens with one attached hydrogen (secondary N) is 1. The van der Waals surface area contributed by atoms with Gasteiger partial charge in [0.1, 0.15) is 0 Å². The Balaban J connectivity index is 2.41. The highest BCUT2D eigenvalue weighted by Crippen LogP contribution is 2.11. The average molecular weight is 184 g/mol. The molecule has 0 fully saturated rings. The van der Waals surface area contributed by atoms with Gasteiger partial charge in [0.2, 0.25) is 0 Å². The van der Waals surface area contributed by atoms with E-state index in [1.807, 2.05) is 7.05 Å². The fourth-order valence-corrected chi connectivity index (χ4v) is 1.91. The summed E-state index contributed by atoms with van der Waals surface area (Å²) in [5.74, 6) is 0.677. The van der Waals surface area contributed by atoms with Crippen molar-refractivity contribution in [1.29, 1.82) is 0 Å². The predicted molar refractivity (Wildman–Crippen MR) is 53.6 cm³/mol. The number of nitrogens with zero attached hydrogens (tertiary/aromatic N) is 1. The average Bonchev–Trinajstić information content (AvgIpc) is 2.36. The fourth-order valence-electron chi connectivity index (χ4n) is 1.28. The molecule has 0 saturated heterocycles. The smallest absolute Gasteiger partial charge is 0.0897 e. The zero-order valence-corrected chi connectivity index (χ0v) is 8.74. The fraction of sp³-hybridized carbons (Fsp3) is 0.667. The number of hydrogen-bond acceptors (Lipinski definition) is 3. The van der Waals surface area contributed by atoms with E-state index in [4.69, 9.17) is 0 Å². The molecule has 2 nitrogen and oxygen atoms in total. The van der Waals surface area contributed by atoms with Crippen LogP contribution in [-0.2, 0) is 6.42 Å². The SMILES string of the molecule is CNCC(C)Cc1csc(C)n1. The molecule has 0 amide bonds. The molecule has 1 atom stereocenters. The molecule has 0 aliphatic rings. The van der Waals surface area contributed by atoms with Crippen LogP contribution in [0.15, 0.2) is 5.38 Å². The Morgan fingerprint density at radius 1 is 1.67 bits per heavy atom. The summed E-state index contributed by atoms with van der Waals surface area (Å²) in [7, 11) is 1.99. The van der Waals surface area contributed by atoms with Crippen LogP contribution >= 0.6 is 11.3 Å². The molecule has 0 aliphatic heterocycles. The second kappa shape index (κ2) is 4.58. The Morgan fingerprint density at radius 3 is 2.92 bits per heavy atom. The molecule has 68 valence electrons. The van der Waals surface area contributed by atoms with Crippen LogP contribution in [0, 0.1) is 12.8 Å². The lowest BCUT2D eigenvalue weighted by Crippen LogP contribution is -2.18. The maximum Gasteiger partial charge on any atom is 0.0897 e. The summed E-state index contributed by atoms with van der Waals surface area (Å²) in [4.78, 5) is 4.42. The van der Waals surface area contributed by atoms with E-state index in [1.165, 1.54) is 10.7 Å². The minimum Gasteiger partial charge on any atom is -0.319 e. The molecule has 12 heavy (non-hydrogen) atoms. The van der Waals surface area contributed by atoms with Gasteiger partial charge in [-0.3, -0.25) is 0 Å². The van der Waals surface area contributed by atoms with Gasteiger partial charge >= 0.3 is 0 Å². The first kappa shape index (κ1) is 9.68. The third kappa shape index (κ3) is 2.91. The van der Waals surface area contributed by atoms with Crippen molar-refractivity contribution in [2.75, 3.05) is 13.6 Å². The third-order valence-electron chi connectivity index (χ3n) is 1.78. The van der Waals surface area contributed by atoms with E-state index in [2.05, 4.69) is 29.5 Å². The van der Waals surface area contributed by atoms with E-state index in [9.17, 15) is 0 Å². The van der Waals surface area contributed by atoms with Crippen LogP contribution in [0.3, 0.4) is 0 Å². The number of aromatic nitrogens is 1. The molecule has 1 heterocycles. The van der Waals surface area contributed by atoms with Crippen LogP contribution < -0.4 is 5.32 Å². The number of rotatable bonds is 4. The van der Waals surface area contributed by atoms with Gasteiger partial charge in [0.25, 0.3) is 0 Å². The maximum atomic E-state index is 4.42. The zero-order chi connectivity index (χ0) is 8.97. The molecule has 1 aromatic heterocycles. The third-order valence-corrected chi connectivity index (χ3v) is 2.60. The molecule has 0 bridgehead atoms. The summed E-state index contributed by atoms with van der Waals surface area (Å²) in [6.07, 6.45) is 1.09. The van der Waals surface area contributed by atoms with E-state index in [0.29, 0.717) is 5.92 Å². The second-order valence-electron chi connectivity index (χ2n) is 3.22. The van der Waals surface area contributed by atoms with Gasteiger partial charge in [-0.15, -0.1) is 11.3 Å². The highest BCUT2D eigenvalue weighted by atomic mass is 32.1. The van der Waals surface area contributed by atoms with Gasteiger partial charge in [0.05, 0.1) is 10.7 Å². The molecule has 0 aromatic carbocycles. The summed E-state index contributed by atoms with van der Waals surface area (Å²) < 4.78 is 0. The minimum atomic E-state index is 0.677. The maximum absolute atomic E-state index is 4.42. The van der Waals surface area contributed by atoms with Gasteiger partial charge in [0.15, 0.2) is 0 Å². The van der Waals surface area contributed by atoms with E-state index in [-0.39, 0.29) is 0 Å². The first-order valence-electron chi connectivity index (χ1n) is 4.28. The normalized spacial score (nSPS) is 13.2. The van der Waals surface area contributed by atoms with Crippen molar-refractivity contribution < 1.29 is 0 Å². The molecular weight excluding hydrogens is 168 g/mol. The molecule has 1 aromatic rings. The quantitative estimate of drug-likeness (QED) is 0.772. The lowest BCUT2D eigenvalue weighted by atomic mass is 10.1. The Morgan fingerprint density at radius 2 is 2.42 bits per heavy atom. The van der Waals surface area contributed by atoms with Crippen molar-refractivity contribution >= 4 is 11.3 Å². The minimum absolute atomic E-state index is 0.677. The summed E-state index contributed by atoms with van der Waals surface area (Å²) in [5, 5.41) is 6.49. The molecule has 0 saturated carbocycles. The largest absolute Gasteiger partial charge is 0.319 e. The van der Waals surface area contributed by atoms with E-state index < -0.39 is 0 Å². The van der Waals surface area contributed by atoms with Crippen LogP contribution in [0.2, 0.25) is 0 Å². The molecule has 0 radical (unpaired) electrons. The molecule has 1 rings (SSSR count). The van der Waals surface area contributed by atoms with Crippen LogP contribution in [-0.4, -0.2) is 18.6 Å². The van der Waals surface area contributed by atoms with Crippen LogP contribution in [0.4, 0.5) is 0 Å². The number of hydrogen-bond donors (Lipinski definition) is 1. The molecule has 1 N–H and O–H groups in total. The van der Waals surface area contributed by atoms with Crippen molar-refractivity contribution in [3.8, 4) is 0 Å². The molecular formula is C9H16N2S. The Hall–Kier alpha value is -0.410. The Labute approximate surface area is 78.0 Å². The van der Waals surface area contributed by atoms with Crippen LogP contribution in [0.5, 0.6) is 0 Å². The molecule has 0 spiro atoms. The van der Waals surface area contributed by atoms with Crippen molar-refractivity contribution in [2.45, 2.75) is 20.3 Å². The van der Waals surface area contributed by atoms with Gasteiger partial charge in [-0.25, -0.2) is 4.98 Å². The van der Waals surface area contributed by atoms with Crippen molar-refractivity contribution in [3.63, 3.8) is 0 Å². The van der Waals surface area contributed by atoms with E-state index >= 15 is 0 Å². The first-order chi connectivity index (χ1) is 5.72. The lowest BCUT2D eigenvalue weighted by molar-refractivity contribution is 0.536. The Kier molecular flexibility index (Phi) is 3.69. The van der Waals surface area contributed by atoms with Gasteiger partial charge in [-0.1, -0.05) is 6.92 Å². The number of aryl methyl sites for hydroxylation is 1. The first-order valence-corrected chi connectivity index (χ1v) is 5.16. The van der Waals surface area contributed by atoms with Crippen LogP contribution in [0.1, 0.15) is 17.6 Å².